The lowest BCUT2D eigenvalue weighted by Gasteiger charge is -2.11. The Balaban J connectivity index is 1.92. The van der Waals surface area contributed by atoms with Gasteiger partial charge in [0.05, 0.1) is 12.1 Å². The fraction of sp³-hybridized carbons (Fsp3) is 0.286. The van der Waals surface area contributed by atoms with Crippen LogP contribution in [0.1, 0.15) is 11.3 Å². The highest BCUT2D eigenvalue weighted by Gasteiger charge is 2.34. The number of nitrogens with two attached hydrogens (primary N) is 1. The first kappa shape index (κ1) is 24.5. The summed E-state index contributed by atoms with van der Waals surface area (Å²) in [5.41, 5.74) is -1.82. The number of carbonyl (C=O) groups is 1. The van der Waals surface area contributed by atoms with Crippen molar-refractivity contribution in [3.8, 4) is 0 Å². The van der Waals surface area contributed by atoms with Crippen LogP contribution in [0.3, 0.4) is 0 Å². The highest BCUT2D eigenvalue weighted by molar-refractivity contribution is 7.99. The van der Waals surface area contributed by atoms with E-state index in [0.29, 0.717) is 12.1 Å². The van der Waals surface area contributed by atoms with Gasteiger partial charge in [-0.15, -0.1) is 0 Å². The summed E-state index contributed by atoms with van der Waals surface area (Å²) in [6, 6.07) is 2.14. The molecule has 0 aliphatic rings. The number of hydrogen-bond donors (Lipinski definition) is 5. The number of benzene rings is 1. The third-order valence-corrected chi connectivity index (χ3v) is 4.83. The maximum Gasteiger partial charge on any atom is 0.419 e. The standard InChI is InChI=1S/C14H15F4N7O4S2/c15-9-2-1-7(5-8(9)14(16,17)18)23-12(19)11-13(25-29-24-11)30-4-3-21-10(26)6-22-31(20,27)28/h1-2,5,22H,3-4,6H2,(H2,19,23)(H,21,26)(H2,20,27,28). The highest BCUT2D eigenvalue weighted by atomic mass is 32.2. The van der Waals surface area contributed by atoms with Gasteiger partial charge in [-0.05, 0) is 28.5 Å². The fourth-order valence-electron chi connectivity index (χ4n) is 2.02. The van der Waals surface area contributed by atoms with Gasteiger partial charge in [-0.25, -0.2) is 14.2 Å². The topological polar surface area (TPSA) is 176 Å². The number of nitrogens with zero attached hydrogens (tertiary/aromatic N) is 2. The van der Waals surface area contributed by atoms with E-state index in [1.165, 1.54) is 0 Å². The molecule has 2 rings (SSSR count). The van der Waals surface area contributed by atoms with Crippen molar-refractivity contribution in [1.82, 2.24) is 20.4 Å². The molecular formula is C14H15F4N7O4S2. The number of amidine groups is 1. The number of rotatable bonds is 9. The number of halogens is 4. The van der Waals surface area contributed by atoms with Crippen molar-refractivity contribution in [1.29, 1.82) is 5.41 Å². The molecule has 1 heterocycles. The minimum absolute atomic E-state index is 0.0791. The molecule has 0 radical (unpaired) electrons. The zero-order valence-electron chi connectivity index (χ0n) is 15.3. The molecule has 1 aromatic carbocycles. The fourth-order valence-corrected chi connectivity index (χ4v) is 3.11. The smallest absolute Gasteiger partial charge is 0.354 e. The predicted molar refractivity (Wildman–Crippen MR) is 101 cm³/mol. The third-order valence-electron chi connectivity index (χ3n) is 3.33. The average molecular weight is 485 g/mol. The van der Waals surface area contributed by atoms with E-state index in [0.717, 1.165) is 17.8 Å². The molecular weight excluding hydrogens is 470 g/mol. The molecule has 0 fully saturated rings. The maximum absolute atomic E-state index is 13.4. The van der Waals surface area contributed by atoms with Crippen molar-refractivity contribution in [2.45, 2.75) is 11.2 Å². The summed E-state index contributed by atoms with van der Waals surface area (Å²) >= 11 is 1.00. The Morgan fingerprint density at radius 1 is 1.29 bits per heavy atom. The Hall–Kier alpha value is -2.76. The van der Waals surface area contributed by atoms with E-state index < -0.39 is 46.1 Å². The number of anilines is 1. The van der Waals surface area contributed by atoms with E-state index in [4.69, 9.17) is 10.5 Å². The van der Waals surface area contributed by atoms with Crippen LogP contribution in [0, 0.1) is 11.2 Å². The van der Waals surface area contributed by atoms with Crippen molar-refractivity contribution in [2.75, 3.05) is 24.2 Å². The lowest BCUT2D eigenvalue weighted by molar-refractivity contribution is -0.140. The van der Waals surface area contributed by atoms with Crippen LogP contribution in [0.15, 0.2) is 27.9 Å². The summed E-state index contributed by atoms with van der Waals surface area (Å²) in [6.45, 7) is -0.470. The molecule has 0 atom stereocenters. The SMILES string of the molecule is N=C(Nc1ccc(F)c(C(F)(F)F)c1)c1nonc1SCCNC(=O)CNS(N)(=O)=O. The van der Waals surface area contributed by atoms with Gasteiger partial charge in [0.2, 0.25) is 5.91 Å². The second-order valence-corrected chi connectivity index (χ2v) is 8.14. The van der Waals surface area contributed by atoms with E-state index >= 15 is 0 Å². The molecule has 31 heavy (non-hydrogen) atoms. The molecule has 0 aliphatic carbocycles. The van der Waals surface area contributed by atoms with Crippen LogP contribution < -0.4 is 20.5 Å². The third kappa shape index (κ3) is 7.78. The van der Waals surface area contributed by atoms with Crippen LogP contribution in [0.5, 0.6) is 0 Å². The van der Waals surface area contributed by atoms with Crippen LogP contribution in [0.25, 0.3) is 0 Å². The molecule has 1 aromatic heterocycles. The molecule has 11 nitrogen and oxygen atoms in total. The number of nitrogens with one attached hydrogen (secondary N) is 4. The summed E-state index contributed by atoms with van der Waals surface area (Å²) < 4.78 is 79.5. The van der Waals surface area contributed by atoms with E-state index in [1.807, 2.05) is 0 Å². The summed E-state index contributed by atoms with van der Waals surface area (Å²) in [5, 5.41) is 24.6. The zero-order chi connectivity index (χ0) is 23.2. The Labute approximate surface area is 176 Å². The second kappa shape index (κ2) is 10.0. The summed E-state index contributed by atoms with van der Waals surface area (Å²) in [5.74, 6) is -2.33. The molecule has 0 bridgehead atoms. The first-order valence-electron chi connectivity index (χ1n) is 8.09. The molecule has 6 N–H and O–H groups in total. The first-order chi connectivity index (χ1) is 14.4. The molecule has 0 spiro atoms. The molecule has 1 amide bonds. The van der Waals surface area contributed by atoms with E-state index in [9.17, 15) is 30.8 Å². The number of carbonyl (C=O) groups excluding carboxylic acids is 1. The molecule has 0 saturated carbocycles. The van der Waals surface area contributed by atoms with E-state index in [2.05, 4.69) is 25.6 Å². The number of hydrogen-bond acceptors (Lipinski definition) is 8. The Morgan fingerprint density at radius 2 is 2.00 bits per heavy atom. The quantitative estimate of drug-likeness (QED) is 0.113. The summed E-state index contributed by atoms with van der Waals surface area (Å²) in [6.07, 6.45) is -4.91. The van der Waals surface area contributed by atoms with Crippen molar-refractivity contribution in [3.05, 3.63) is 35.3 Å². The van der Waals surface area contributed by atoms with Gasteiger partial charge < -0.3 is 10.6 Å². The maximum atomic E-state index is 13.4. The van der Waals surface area contributed by atoms with Gasteiger partial charge >= 0.3 is 6.18 Å². The minimum atomic E-state index is -4.91. The van der Waals surface area contributed by atoms with Crippen molar-refractivity contribution < 1.29 is 35.4 Å². The van der Waals surface area contributed by atoms with Crippen LogP contribution in [-0.4, -0.2) is 49.3 Å². The van der Waals surface area contributed by atoms with Crippen molar-refractivity contribution in [2.24, 2.45) is 5.14 Å². The second-order valence-electron chi connectivity index (χ2n) is 5.67. The van der Waals surface area contributed by atoms with Crippen molar-refractivity contribution >= 4 is 39.4 Å². The number of thioether (sulfide) groups is 1. The zero-order valence-corrected chi connectivity index (χ0v) is 16.9. The Morgan fingerprint density at radius 3 is 2.65 bits per heavy atom. The van der Waals surface area contributed by atoms with Gasteiger partial charge in [-0.2, -0.15) is 26.3 Å². The predicted octanol–water partition coefficient (Wildman–Crippen LogP) is 0.666. The first-order valence-corrected chi connectivity index (χ1v) is 10.6. The molecule has 170 valence electrons. The normalized spacial score (nSPS) is 11.9. The van der Waals surface area contributed by atoms with Gasteiger partial charge in [-0.1, -0.05) is 11.8 Å². The molecule has 0 saturated heterocycles. The Kier molecular flexibility index (Phi) is 7.93. The largest absolute Gasteiger partial charge is 0.419 e. The van der Waals surface area contributed by atoms with Crippen molar-refractivity contribution in [3.63, 3.8) is 0 Å². The molecule has 2 aromatic rings. The molecule has 0 unspecified atom stereocenters. The Bertz CT molecular complexity index is 1060. The highest BCUT2D eigenvalue weighted by Crippen LogP contribution is 2.33. The summed E-state index contributed by atoms with van der Waals surface area (Å²) in [7, 11) is -4.00. The van der Waals surface area contributed by atoms with Crippen LogP contribution >= 0.6 is 11.8 Å². The average Bonchev–Trinajstić information content (AvgIpc) is 3.12. The number of aromatic nitrogens is 2. The molecule has 0 aliphatic heterocycles. The lowest BCUT2D eigenvalue weighted by atomic mass is 10.1. The van der Waals surface area contributed by atoms with Gasteiger partial charge in [-0.3, -0.25) is 10.2 Å². The van der Waals surface area contributed by atoms with Gasteiger partial charge in [0.15, 0.2) is 16.6 Å². The monoisotopic (exact) mass is 485 g/mol. The van der Waals surface area contributed by atoms with Crippen LogP contribution in [0.4, 0.5) is 23.2 Å². The minimum Gasteiger partial charge on any atom is -0.354 e. The van der Waals surface area contributed by atoms with Gasteiger partial charge in [0, 0.05) is 18.0 Å². The van der Waals surface area contributed by atoms with E-state index in [1.54, 1.807) is 4.72 Å². The van der Waals surface area contributed by atoms with Gasteiger partial charge in [0.25, 0.3) is 10.2 Å². The van der Waals surface area contributed by atoms with Crippen LogP contribution in [0.2, 0.25) is 0 Å². The van der Waals surface area contributed by atoms with Gasteiger partial charge in [0.1, 0.15) is 5.82 Å². The van der Waals surface area contributed by atoms with E-state index in [-0.39, 0.29) is 28.7 Å². The number of alkyl halides is 3. The van der Waals surface area contributed by atoms with Crippen LogP contribution in [-0.2, 0) is 21.2 Å². The molecule has 17 heteroatoms. The number of amides is 1. The summed E-state index contributed by atoms with van der Waals surface area (Å²) in [4.78, 5) is 11.5. The lowest BCUT2D eigenvalue weighted by Crippen LogP contribution is -2.40.